The van der Waals surface area contributed by atoms with Gasteiger partial charge in [-0.05, 0) is 96.1 Å². The number of para-hydroxylation sites is 4. The van der Waals surface area contributed by atoms with Crippen molar-refractivity contribution in [2.24, 2.45) is 0 Å². The van der Waals surface area contributed by atoms with Gasteiger partial charge in [0, 0.05) is 45.3 Å². The fourth-order valence-electron chi connectivity index (χ4n) is 7.00. The van der Waals surface area contributed by atoms with Crippen molar-refractivity contribution in [2.45, 2.75) is 0 Å². The summed E-state index contributed by atoms with van der Waals surface area (Å²) < 4.78 is 0. The Bertz CT molecular complexity index is 2610. The Morgan fingerprint density at radius 1 is 0.222 bits per heavy atom. The number of hydrogen-bond donors (Lipinski definition) is 0. The van der Waals surface area contributed by atoms with Crippen molar-refractivity contribution in [1.29, 1.82) is 0 Å². The second kappa shape index (κ2) is 14.7. The summed E-state index contributed by atoms with van der Waals surface area (Å²) in [5.74, 6) is 0. The largest absolute Gasteiger partial charge is 0.311 e. The van der Waals surface area contributed by atoms with Gasteiger partial charge in [0.15, 0.2) is 0 Å². The van der Waals surface area contributed by atoms with E-state index in [0.29, 0.717) is 0 Å². The zero-order valence-corrected chi connectivity index (χ0v) is 29.6. The third-order valence-electron chi connectivity index (χ3n) is 9.64. The maximum Gasteiger partial charge on any atom is 0.0973 e. The predicted molar refractivity (Wildman–Crippen MR) is 225 cm³/mol. The second-order valence-corrected chi connectivity index (χ2v) is 13.1. The van der Waals surface area contributed by atoms with Crippen molar-refractivity contribution in [3.8, 4) is 33.6 Å². The molecule has 0 radical (unpaired) electrons. The van der Waals surface area contributed by atoms with Crippen LogP contribution in [-0.4, -0.2) is 9.97 Å². The van der Waals surface area contributed by atoms with E-state index >= 15 is 0 Å². The van der Waals surface area contributed by atoms with Gasteiger partial charge in [-0.2, -0.15) is 0 Å². The van der Waals surface area contributed by atoms with Crippen molar-refractivity contribution in [1.82, 2.24) is 9.97 Å². The van der Waals surface area contributed by atoms with Gasteiger partial charge in [0.1, 0.15) is 0 Å². The number of fused-ring (bicyclic) bond motifs is 1. The maximum absolute atomic E-state index is 5.13. The average Bonchev–Trinajstić information content (AvgIpc) is 3.26. The van der Waals surface area contributed by atoms with E-state index in [9.17, 15) is 0 Å². The van der Waals surface area contributed by atoms with Crippen LogP contribution in [0, 0.1) is 0 Å². The van der Waals surface area contributed by atoms with Gasteiger partial charge in [-0.1, -0.05) is 133 Å². The maximum atomic E-state index is 5.13. The third kappa shape index (κ3) is 6.60. The number of aromatic nitrogens is 2. The lowest BCUT2D eigenvalue weighted by molar-refractivity contribution is 1.25. The van der Waals surface area contributed by atoms with Crippen LogP contribution in [0.25, 0.3) is 44.7 Å². The summed E-state index contributed by atoms with van der Waals surface area (Å²) in [5, 5.41) is 0. The minimum absolute atomic E-state index is 0.861. The smallest absolute Gasteiger partial charge is 0.0973 e. The van der Waals surface area contributed by atoms with E-state index in [0.717, 1.165) is 67.7 Å². The standard InChI is InChI=1S/C50H36N4/c1-5-15-37(16-6-1)38-25-29-43(30-26-38)53(41-19-9-3-10-20-41)45-33-35-46(36-34-45)54(42-21-11-4-12-22-42)44-31-27-40(28-32-44)50-49(39-17-7-2-8-18-39)51-47-23-13-14-24-48(47)52-50/h1-36H. The van der Waals surface area contributed by atoms with E-state index in [1.165, 1.54) is 11.1 Å². The van der Waals surface area contributed by atoms with Gasteiger partial charge in [-0.15, -0.1) is 0 Å². The quantitative estimate of drug-likeness (QED) is 0.151. The summed E-state index contributed by atoms with van der Waals surface area (Å²) in [4.78, 5) is 14.8. The molecular weight excluding hydrogens is 657 g/mol. The topological polar surface area (TPSA) is 32.3 Å². The zero-order chi connectivity index (χ0) is 36.1. The van der Waals surface area contributed by atoms with Crippen LogP contribution in [0.4, 0.5) is 34.1 Å². The lowest BCUT2D eigenvalue weighted by Gasteiger charge is -2.28. The Morgan fingerprint density at radius 3 is 0.889 bits per heavy atom. The first-order valence-electron chi connectivity index (χ1n) is 18.2. The van der Waals surface area contributed by atoms with Gasteiger partial charge in [0.2, 0.25) is 0 Å². The Morgan fingerprint density at radius 2 is 0.481 bits per heavy atom. The predicted octanol–water partition coefficient (Wildman–Crippen LogP) is 13.6. The number of rotatable bonds is 9. The van der Waals surface area contributed by atoms with Gasteiger partial charge in [0.05, 0.1) is 22.4 Å². The number of anilines is 6. The molecule has 0 N–H and O–H groups in total. The highest BCUT2D eigenvalue weighted by Gasteiger charge is 2.18. The summed E-state index contributed by atoms with van der Waals surface area (Å²) in [6.07, 6.45) is 0. The Labute approximate surface area is 315 Å². The number of benzene rings is 8. The summed E-state index contributed by atoms with van der Waals surface area (Å²) in [7, 11) is 0. The Balaban J connectivity index is 1.08. The second-order valence-electron chi connectivity index (χ2n) is 13.1. The van der Waals surface area contributed by atoms with Gasteiger partial charge in [-0.3, -0.25) is 0 Å². The molecule has 0 aliphatic heterocycles. The van der Waals surface area contributed by atoms with Crippen LogP contribution in [0.5, 0.6) is 0 Å². The molecule has 1 heterocycles. The SMILES string of the molecule is c1ccc(-c2ccc(N(c3ccccc3)c3ccc(N(c4ccccc4)c4ccc(-c5nc6ccccc6nc5-c5ccccc5)cc4)cc3)cc2)cc1. The number of hydrogen-bond acceptors (Lipinski definition) is 4. The molecule has 0 atom stereocenters. The summed E-state index contributed by atoms with van der Waals surface area (Å²) >= 11 is 0. The first kappa shape index (κ1) is 32.6. The molecule has 0 amide bonds. The molecule has 4 nitrogen and oxygen atoms in total. The molecule has 0 fully saturated rings. The molecule has 0 aliphatic carbocycles. The number of nitrogens with zero attached hydrogens (tertiary/aromatic N) is 4. The Kier molecular flexibility index (Phi) is 8.90. The zero-order valence-electron chi connectivity index (χ0n) is 29.6. The lowest BCUT2D eigenvalue weighted by Crippen LogP contribution is -2.12. The monoisotopic (exact) mass is 692 g/mol. The van der Waals surface area contributed by atoms with Crippen LogP contribution in [-0.2, 0) is 0 Å². The van der Waals surface area contributed by atoms with Gasteiger partial charge in [0.25, 0.3) is 0 Å². The molecule has 0 unspecified atom stereocenters. The summed E-state index contributed by atoms with van der Waals surface area (Å²) in [6, 6.07) is 76.2. The molecule has 0 saturated carbocycles. The van der Waals surface area contributed by atoms with Crippen LogP contribution >= 0.6 is 0 Å². The highest BCUT2D eigenvalue weighted by atomic mass is 15.2. The first-order valence-corrected chi connectivity index (χ1v) is 18.2. The van der Waals surface area contributed by atoms with E-state index in [1.807, 2.05) is 42.5 Å². The highest BCUT2D eigenvalue weighted by molar-refractivity contribution is 5.88. The van der Waals surface area contributed by atoms with Gasteiger partial charge >= 0.3 is 0 Å². The van der Waals surface area contributed by atoms with Gasteiger partial charge < -0.3 is 9.80 Å². The van der Waals surface area contributed by atoms with E-state index < -0.39 is 0 Å². The molecule has 0 aliphatic rings. The molecule has 0 spiro atoms. The third-order valence-corrected chi connectivity index (χ3v) is 9.64. The van der Waals surface area contributed by atoms with Crippen molar-refractivity contribution in [3.63, 3.8) is 0 Å². The minimum Gasteiger partial charge on any atom is -0.311 e. The van der Waals surface area contributed by atoms with E-state index in [1.54, 1.807) is 0 Å². The Hall–Kier alpha value is -7.30. The molecule has 9 rings (SSSR count). The lowest BCUT2D eigenvalue weighted by atomic mass is 10.0. The normalized spacial score (nSPS) is 11.0. The summed E-state index contributed by atoms with van der Waals surface area (Å²) in [5.41, 5.74) is 14.4. The van der Waals surface area contributed by atoms with Crippen molar-refractivity contribution in [2.75, 3.05) is 9.80 Å². The van der Waals surface area contributed by atoms with E-state index in [-0.39, 0.29) is 0 Å². The average molecular weight is 693 g/mol. The van der Waals surface area contributed by atoms with Crippen LogP contribution in [0.2, 0.25) is 0 Å². The fraction of sp³-hybridized carbons (Fsp3) is 0. The van der Waals surface area contributed by atoms with Crippen LogP contribution < -0.4 is 9.80 Å². The molecular formula is C50H36N4. The first-order chi connectivity index (χ1) is 26.8. The van der Waals surface area contributed by atoms with Crippen molar-refractivity contribution < 1.29 is 0 Å². The molecule has 0 saturated heterocycles. The molecule has 8 aromatic carbocycles. The molecule has 0 bridgehead atoms. The van der Waals surface area contributed by atoms with Crippen molar-refractivity contribution in [3.05, 3.63) is 218 Å². The molecule has 54 heavy (non-hydrogen) atoms. The molecule has 4 heteroatoms. The minimum atomic E-state index is 0.861. The highest BCUT2D eigenvalue weighted by Crippen LogP contribution is 2.40. The van der Waals surface area contributed by atoms with Gasteiger partial charge in [-0.25, -0.2) is 9.97 Å². The van der Waals surface area contributed by atoms with E-state index in [4.69, 9.17) is 9.97 Å². The fourth-order valence-corrected chi connectivity index (χ4v) is 7.00. The van der Waals surface area contributed by atoms with E-state index in [2.05, 4.69) is 186 Å². The molecule has 9 aromatic rings. The molecule has 1 aromatic heterocycles. The van der Waals surface area contributed by atoms with Crippen LogP contribution in [0.15, 0.2) is 218 Å². The van der Waals surface area contributed by atoms with Crippen molar-refractivity contribution >= 4 is 45.2 Å². The van der Waals surface area contributed by atoms with Crippen LogP contribution in [0.3, 0.4) is 0 Å². The molecule has 256 valence electrons. The van der Waals surface area contributed by atoms with Crippen LogP contribution in [0.1, 0.15) is 0 Å². The summed E-state index contributed by atoms with van der Waals surface area (Å²) in [6.45, 7) is 0.